The SMILES string of the molecule is CCO[C@H](C)c1ccc(-c2cnc(C)[nH]2)cc1. The highest BCUT2D eigenvalue weighted by atomic mass is 16.5. The largest absolute Gasteiger partial charge is 0.374 e. The predicted molar refractivity (Wildman–Crippen MR) is 68.8 cm³/mol. The molecule has 90 valence electrons. The lowest BCUT2D eigenvalue weighted by atomic mass is 10.1. The summed E-state index contributed by atoms with van der Waals surface area (Å²) in [7, 11) is 0. The molecule has 0 fully saturated rings. The number of aryl methyl sites for hydroxylation is 1. The van der Waals surface area contributed by atoms with Gasteiger partial charge < -0.3 is 9.72 Å². The standard InChI is InChI=1S/C14H18N2O/c1-4-17-10(2)12-5-7-13(8-6-12)14-9-15-11(3)16-14/h5-10H,4H2,1-3H3,(H,15,16)/t10-/m1/s1. The molecule has 3 heteroatoms. The molecule has 0 bridgehead atoms. The van der Waals surface area contributed by atoms with Gasteiger partial charge in [0, 0.05) is 6.61 Å². The summed E-state index contributed by atoms with van der Waals surface area (Å²) < 4.78 is 5.56. The van der Waals surface area contributed by atoms with E-state index >= 15 is 0 Å². The summed E-state index contributed by atoms with van der Waals surface area (Å²) in [5.41, 5.74) is 3.41. The Bertz CT molecular complexity index is 473. The molecule has 1 heterocycles. The fraction of sp³-hybridized carbons (Fsp3) is 0.357. The molecule has 3 nitrogen and oxygen atoms in total. The van der Waals surface area contributed by atoms with E-state index in [1.165, 1.54) is 5.56 Å². The molecule has 2 aromatic rings. The second kappa shape index (κ2) is 5.15. The lowest BCUT2D eigenvalue weighted by Crippen LogP contribution is -1.98. The Labute approximate surface area is 102 Å². The molecule has 1 N–H and O–H groups in total. The van der Waals surface area contributed by atoms with E-state index in [4.69, 9.17) is 4.74 Å². The molecule has 0 unspecified atom stereocenters. The molecule has 0 amide bonds. The molecule has 0 saturated carbocycles. The first-order valence-electron chi connectivity index (χ1n) is 5.94. The van der Waals surface area contributed by atoms with Crippen LogP contribution in [0.2, 0.25) is 0 Å². The van der Waals surface area contributed by atoms with E-state index in [0.29, 0.717) is 0 Å². The molecule has 2 rings (SSSR count). The van der Waals surface area contributed by atoms with Crippen molar-refractivity contribution in [3.05, 3.63) is 41.9 Å². The summed E-state index contributed by atoms with van der Waals surface area (Å²) in [5.74, 6) is 0.937. The van der Waals surface area contributed by atoms with Crippen molar-refractivity contribution in [2.24, 2.45) is 0 Å². The van der Waals surface area contributed by atoms with Crippen molar-refractivity contribution in [3.8, 4) is 11.3 Å². The number of rotatable bonds is 4. The van der Waals surface area contributed by atoms with Gasteiger partial charge in [0.05, 0.1) is 18.0 Å². The molecule has 0 aliphatic carbocycles. The molecular formula is C14H18N2O. The van der Waals surface area contributed by atoms with Crippen molar-refractivity contribution >= 4 is 0 Å². The Morgan fingerprint density at radius 1 is 1.29 bits per heavy atom. The first-order valence-corrected chi connectivity index (χ1v) is 5.94. The van der Waals surface area contributed by atoms with Crippen LogP contribution in [0.25, 0.3) is 11.3 Å². The van der Waals surface area contributed by atoms with Crippen LogP contribution in [0.1, 0.15) is 31.3 Å². The van der Waals surface area contributed by atoms with Crippen LogP contribution in [0.4, 0.5) is 0 Å². The molecule has 0 spiro atoms. The van der Waals surface area contributed by atoms with E-state index in [1.807, 2.05) is 20.0 Å². The number of hydrogen-bond donors (Lipinski definition) is 1. The molecule has 0 aliphatic heterocycles. The highest BCUT2D eigenvalue weighted by molar-refractivity contribution is 5.58. The third-order valence-corrected chi connectivity index (χ3v) is 2.81. The maximum Gasteiger partial charge on any atom is 0.103 e. The molecular weight excluding hydrogens is 212 g/mol. The first kappa shape index (κ1) is 11.9. The molecule has 1 aromatic heterocycles. The summed E-state index contributed by atoms with van der Waals surface area (Å²) in [6.45, 7) is 6.77. The minimum atomic E-state index is 0.151. The second-order valence-electron chi connectivity index (χ2n) is 4.10. The highest BCUT2D eigenvalue weighted by Gasteiger charge is 2.05. The van der Waals surface area contributed by atoms with Crippen LogP contribution in [-0.2, 0) is 4.74 Å². The Morgan fingerprint density at radius 3 is 2.53 bits per heavy atom. The van der Waals surface area contributed by atoms with Gasteiger partial charge in [0.1, 0.15) is 5.82 Å². The summed E-state index contributed by atoms with van der Waals surface area (Å²) in [4.78, 5) is 7.42. The lowest BCUT2D eigenvalue weighted by Gasteiger charge is -2.12. The van der Waals surface area contributed by atoms with Gasteiger partial charge in [-0.25, -0.2) is 4.98 Å². The monoisotopic (exact) mass is 230 g/mol. The topological polar surface area (TPSA) is 37.9 Å². The van der Waals surface area contributed by atoms with Gasteiger partial charge in [-0.2, -0.15) is 0 Å². The Morgan fingerprint density at radius 2 is 2.00 bits per heavy atom. The number of benzene rings is 1. The zero-order chi connectivity index (χ0) is 12.3. The summed E-state index contributed by atoms with van der Waals surface area (Å²) in [6, 6.07) is 8.40. The van der Waals surface area contributed by atoms with Crippen molar-refractivity contribution in [2.75, 3.05) is 6.61 Å². The van der Waals surface area contributed by atoms with E-state index in [2.05, 4.69) is 41.2 Å². The number of nitrogens with zero attached hydrogens (tertiary/aromatic N) is 1. The number of ether oxygens (including phenoxy) is 1. The molecule has 0 radical (unpaired) electrons. The van der Waals surface area contributed by atoms with E-state index in [1.54, 1.807) is 0 Å². The van der Waals surface area contributed by atoms with Crippen molar-refractivity contribution in [1.29, 1.82) is 0 Å². The van der Waals surface area contributed by atoms with Gasteiger partial charge in [0.15, 0.2) is 0 Å². The lowest BCUT2D eigenvalue weighted by molar-refractivity contribution is 0.0764. The van der Waals surface area contributed by atoms with Gasteiger partial charge >= 0.3 is 0 Å². The van der Waals surface area contributed by atoms with Crippen LogP contribution in [0, 0.1) is 6.92 Å². The Hall–Kier alpha value is -1.61. The molecule has 0 saturated heterocycles. The molecule has 1 atom stereocenters. The van der Waals surface area contributed by atoms with Crippen molar-refractivity contribution in [2.45, 2.75) is 26.9 Å². The zero-order valence-electron chi connectivity index (χ0n) is 10.5. The smallest absolute Gasteiger partial charge is 0.103 e. The number of hydrogen-bond acceptors (Lipinski definition) is 2. The van der Waals surface area contributed by atoms with Gasteiger partial charge in [-0.1, -0.05) is 24.3 Å². The maximum atomic E-state index is 5.56. The number of H-pyrrole nitrogens is 1. The number of nitrogens with one attached hydrogen (secondary N) is 1. The average Bonchev–Trinajstić information content (AvgIpc) is 2.76. The predicted octanol–water partition coefficient (Wildman–Crippen LogP) is 3.48. The highest BCUT2D eigenvalue weighted by Crippen LogP contribution is 2.22. The fourth-order valence-corrected chi connectivity index (χ4v) is 1.85. The summed E-state index contributed by atoms with van der Waals surface area (Å²) in [6.07, 6.45) is 2.01. The van der Waals surface area contributed by atoms with E-state index in [-0.39, 0.29) is 6.10 Å². The number of aromatic amines is 1. The number of imidazole rings is 1. The normalized spacial score (nSPS) is 12.6. The average molecular weight is 230 g/mol. The first-order chi connectivity index (χ1) is 8.20. The van der Waals surface area contributed by atoms with Crippen molar-refractivity contribution in [1.82, 2.24) is 9.97 Å². The van der Waals surface area contributed by atoms with Gasteiger partial charge in [-0.05, 0) is 31.9 Å². The zero-order valence-corrected chi connectivity index (χ0v) is 10.5. The number of aromatic nitrogens is 2. The van der Waals surface area contributed by atoms with Gasteiger partial charge in [-0.3, -0.25) is 0 Å². The quantitative estimate of drug-likeness (QED) is 0.873. The van der Waals surface area contributed by atoms with Crippen LogP contribution in [0.15, 0.2) is 30.5 Å². The van der Waals surface area contributed by atoms with E-state index < -0.39 is 0 Å². The third-order valence-electron chi connectivity index (χ3n) is 2.81. The molecule has 17 heavy (non-hydrogen) atoms. The van der Waals surface area contributed by atoms with Crippen LogP contribution >= 0.6 is 0 Å². The fourth-order valence-electron chi connectivity index (χ4n) is 1.85. The summed E-state index contributed by atoms with van der Waals surface area (Å²) >= 11 is 0. The van der Waals surface area contributed by atoms with Crippen LogP contribution in [-0.4, -0.2) is 16.6 Å². The Balaban J connectivity index is 2.18. The van der Waals surface area contributed by atoms with Crippen LogP contribution in [0.3, 0.4) is 0 Å². The van der Waals surface area contributed by atoms with Gasteiger partial charge in [0.25, 0.3) is 0 Å². The minimum Gasteiger partial charge on any atom is -0.374 e. The Kier molecular flexibility index (Phi) is 3.59. The third kappa shape index (κ3) is 2.74. The van der Waals surface area contributed by atoms with Crippen LogP contribution < -0.4 is 0 Å². The maximum absolute atomic E-state index is 5.56. The minimum absolute atomic E-state index is 0.151. The van der Waals surface area contributed by atoms with Crippen LogP contribution in [0.5, 0.6) is 0 Å². The van der Waals surface area contributed by atoms with Gasteiger partial charge in [0.2, 0.25) is 0 Å². The van der Waals surface area contributed by atoms with Crippen molar-refractivity contribution < 1.29 is 4.74 Å². The van der Waals surface area contributed by atoms with Gasteiger partial charge in [-0.15, -0.1) is 0 Å². The molecule has 1 aromatic carbocycles. The molecule has 0 aliphatic rings. The van der Waals surface area contributed by atoms with E-state index in [0.717, 1.165) is 23.7 Å². The van der Waals surface area contributed by atoms with E-state index in [9.17, 15) is 0 Å². The summed E-state index contributed by atoms with van der Waals surface area (Å²) in [5, 5.41) is 0. The second-order valence-corrected chi connectivity index (χ2v) is 4.10. The van der Waals surface area contributed by atoms with Crippen molar-refractivity contribution in [3.63, 3.8) is 0 Å².